The van der Waals surface area contributed by atoms with Gasteiger partial charge in [0, 0.05) is 12.7 Å². The molecule has 0 aromatic heterocycles. The zero-order valence-electron chi connectivity index (χ0n) is 8.77. The maximum Gasteiger partial charge on any atom is 0.274 e. The third kappa shape index (κ3) is 3.41. The van der Waals surface area contributed by atoms with E-state index in [1.54, 1.807) is 0 Å². The van der Waals surface area contributed by atoms with Gasteiger partial charge in [-0.05, 0) is 18.2 Å². The molecule has 1 rings (SSSR count). The Balaban J connectivity index is 2.50. The lowest BCUT2D eigenvalue weighted by molar-refractivity contribution is 0.00887. The van der Waals surface area contributed by atoms with Crippen LogP contribution < -0.4 is 5.48 Å². The second-order valence-electron chi connectivity index (χ2n) is 2.98. The number of hydrogen-bond donors (Lipinski definition) is 3. The minimum absolute atomic E-state index is 0.188. The largest absolute Gasteiger partial charge is 0.504 e. The number of methoxy groups -OCH3 is 1. The average molecular weight is 227 g/mol. The molecule has 0 spiro atoms. The van der Waals surface area contributed by atoms with Crippen molar-refractivity contribution in [2.75, 3.05) is 20.3 Å². The molecular weight excluding hydrogens is 214 g/mol. The lowest BCUT2D eigenvalue weighted by atomic mass is 10.2. The number of phenols is 2. The molecule has 3 N–H and O–H groups in total. The number of hydroxylamine groups is 1. The standard InChI is InChI=1S/C10H13NO5/c1-15-4-5-16-11-10(14)7-2-3-8(12)9(13)6-7/h2-3,6,12-13H,4-5H2,1H3,(H,11,14). The Morgan fingerprint density at radius 3 is 2.69 bits per heavy atom. The van der Waals surface area contributed by atoms with Gasteiger partial charge in [-0.2, -0.15) is 0 Å². The zero-order valence-corrected chi connectivity index (χ0v) is 8.77. The summed E-state index contributed by atoms with van der Waals surface area (Å²) in [4.78, 5) is 16.2. The zero-order chi connectivity index (χ0) is 12.0. The molecule has 1 aromatic carbocycles. The highest BCUT2D eigenvalue weighted by atomic mass is 16.7. The molecule has 88 valence electrons. The number of ether oxygens (including phenoxy) is 1. The SMILES string of the molecule is COCCONC(=O)c1ccc(O)c(O)c1. The van der Waals surface area contributed by atoms with Gasteiger partial charge in [-0.15, -0.1) is 0 Å². The number of aromatic hydroxyl groups is 2. The molecule has 0 bridgehead atoms. The van der Waals surface area contributed by atoms with Gasteiger partial charge >= 0.3 is 0 Å². The van der Waals surface area contributed by atoms with Gasteiger partial charge in [-0.3, -0.25) is 9.63 Å². The van der Waals surface area contributed by atoms with Crippen LogP contribution in [-0.4, -0.2) is 36.4 Å². The van der Waals surface area contributed by atoms with E-state index >= 15 is 0 Å². The van der Waals surface area contributed by atoms with Crippen LogP contribution in [0.4, 0.5) is 0 Å². The van der Waals surface area contributed by atoms with Gasteiger partial charge in [0.05, 0.1) is 13.2 Å². The highest BCUT2D eigenvalue weighted by Crippen LogP contribution is 2.24. The number of carbonyl (C=O) groups excluding carboxylic acids is 1. The normalized spacial score (nSPS) is 10.1. The minimum Gasteiger partial charge on any atom is -0.504 e. The van der Waals surface area contributed by atoms with Crippen molar-refractivity contribution in [1.82, 2.24) is 5.48 Å². The van der Waals surface area contributed by atoms with Crippen LogP contribution in [0.2, 0.25) is 0 Å². The van der Waals surface area contributed by atoms with Gasteiger partial charge in [0.2, 0.25) is 0 Å². The first-order valence-electron chi connectivity index (χ1n) is 4.58. The summed E-state index contributed by atoms with van der Waals surface area (Å²) in [5, 5.41) is 18.2. The predicted molar refractivity (Wildman–Crippen MR) is 55.1 cm³/mol. The summed E-state index contributed by atoms with van der Waals surface area (Å²) in [6, 6.07) is 3.73. The van der Waals surface area contributed by atoms with Crippen molar-refractivity contribution in [3.63, 3.8) is 0 Å². The first kappa shape index (κ1) is 12.3. The highest BCUT2D eigenvalue weighted by Gasteiger charge is 2.08. The Kier molecular flexibility index (Phi) is 4.56. The van der Waals surface area contributed by atoms with Crippen molar-refractivity contribution in [3.8, 4) is 11.5 Å². The van der Waals surface area contributed by atoms with Crippen LogP contribution in [-0.2, 0) is 9.57 Å². The number of phenolic OH excluding ortho intramolecular Hbond substituents is 2. The second kappa shape index (κ2) is 5.94. The lowest BCUT2D eigenvalue weighted by Gasteiger charge is -2.06. The summed E-state index contributed by atoms with van der Waals surface area (Å²) >= 11 is 0. The Morgan fingerprint density at radius 2 is 2.06 bits per heavy atom. The molecular formula is C10H13NO5. The fourth-order valence-electron chi connectivity index (χ4n) is 0.965. The lowest BCUT2D eigenvalue weighted by Crippen LogP contribution is -2.25. The Morgan fingerprint density at radius 1 is 1.31 bits per heavy atom. The molecule has 0 aliphatic heterocycles. The van der Waals surface area contributed by atoms with Gasteiger partial charge in [0.25, 0.3) is 5.91 Å². The summed E-state index contributed by atoms with van der Waals surface area (Å²) < 4.78 is 4.71. The van der Waals surface area contributed by atoms with E-state index in [0.29, 0.717) is 6.61 Å². The molecule has 0 aliphatic rings. The number of benzene rings is 1. The first-order valence-corrected chi connectivity index (χ1v) is 4.58. The van der Waals surface area contributed by atoms with Crippen molar-refractivity contribution in [3.05, 3.63) is 23.8 Å². The number of carbonyl (C=O) groups is 1. The van der Waals surface area contributed by atoms with Crippen molar-refractivity contribution in [1.29, 1.82) is 0 Å². The molecule has 6 heteroatoms. The van der Waals surface area contributed by atoms with E-state index < -0.39 is 5.91 Å². The van der Waals surface area contributed by atoms with Crippen molar-refractivity contribution in [2.24, 2.45) is 0 Å². The third-order valence-electron chi connectivity index (χ3n) is 1.79. The molecule has 0 saturated carbocycles. The fraction of sp³-hybridized carbons (Fsp3) is 0.300. The monoisotopic (exact) mass is 227 g/mol. The summed E-state index contributed by atoms with van der Waals surface area (Å²) in [5.41, 5.74) is 2.36. The molecule has 0 saturated heterocycles. The Bertz CT molecular complexity index is 366. The molecule has 0 radical (unpaired) electrons. The fourth-order valence-corrected chi connectivity index (χ4v) is 0.965. The van der Waals surface area contributed by atoms with E-state index in [4.69, 9.17) is 19.8 Å². The highest BCUT2D eigenvalue weighted by molar-refractivity contribution is 5.94. The maximum absolute atomic E-state index is 11.4. The smallest absolute Gasteiger partial charge is 0.274 e. The van der Waals surface area contributed by atoms with E-state index in [1.807, 2.05) is 0 Å². The van der Waals surface area contributed by atoms with Crippen molar-refractivity contribution in [2.45, 2.75) is 0 Å². The molecule has 0 fully saturated rings. The minimum atomic E-state index is -0.508. The van der Waals surface area contributed by atoms with E-state index in [9.17, 15) is 4.79 Å². The second-order valence-corrected chi connectivity index (χ2v) is 2.98. The summed E-state index contributed by atoms with van der Waals surface area (Å²) in [7, 11) is 1.52. The molecule has 0 atom stereocenters. The summed E-state index contributed by atoms with van der Waals surface area (Å²) in [5.74, 6) is -1.15. The maximum atomic E-state index is 11.4. The van der Waals surface area contributed by atoms with Crippen molar-refractivity contribution < 1.29 is 24.6 Å². The number of amides is 1. The Hall–Kier alpha value is -1.79. The number of nitrogens with one attached hydrogen (secondary N) is 1. The quantitative estimate of drug-likeness (QED) is 0.385. The van der Waals surface area contributed by atoms with Crippen LogP contribution in [0.5, 0.6) is 11.5 Å². The van der Waals surface area contributed by atoms with Gasteiger partial charge in [0.15, 0.2) is 11.5 Å². The predicted octanol–water partition coefficient (Wildman–Crippen LogP) is 0.406. The van der Waals surface area contributed by atoms with E-state index in [-0.39, 0.29) is 23.7 Å². The first-order chi connectivity index (χ1) is 7.65. The van der Waals surface area contributed by atoms with Crippen LogP contribution >= 0.6 is 0 Å². The van der Waals surface area contributed by atoms with Crippen LogP contribution in [0.1, 0.15) is 10.4 Å². The topological polar surface area (TPSA) is 88.0 Å². The molecule has 1 aromatic rings. The van der Waals surface area contributed by atoms with Crippen LogP contribution in [0, 0.1) is 0 Å². The van der Waals surface area contributed by atoms with Gasteiger partial charge in [0.1, 0.15) is 0 Å². The van der Waals surface area contributed by atoms with E-state index in [2.05, 4.69) is 5.48 Å². The number of rotatable bonds is 5. The molecule has 0 unspecified atom stereocenters. The molecule has 16 heavy (non-hydrogen) atoms. The van der Waals surface area contributed by atoms with Crippen LogP contribution in [0.25, 0.3) is 0 Å². The van der Waals surface area contributed by atoms with Crippen LogP contribution in [0.3, 0.4) is 0 Å². The van der Waals surface area contributed by atoms with E-state index in [1.165, 1.54) is 19.2 Å². The molecule has 1 amide bonds. The van der Waals surface area contributed by atoms with Crippen LogP contribution in [0.15, 0.2) is 18.2 Å². The molecule has 0 heterocycles. The van der Waals surface area contributed by atoms with Gasteiger partial charge < -0.3 is 14.9 Å². The molecule has 0 aliphatic carbocycles. The third-order valence-corrected chi connectivity index (χ3v) is 1.79. The Labute approximate surface area is 92.4 Å². The average Bonchev–Trinajstić information content (AvgIpc) is 2.28. The summed E-state index contributed by atoms with van der Waals surface area (Å²) in [6.07, 6.45) is 0. The number of hydrogen-bond acceptors (Lipinski definition) is 5. The van der Waals surface area contributed by atoms with Crippen molar-refractivity contribution >= 4 is 5.91 Å². The van der Waals surface area contributed by atoms with E-state index in [0.717, 1.165) is 6.07 Å². The van der Waals surface area contributed by atoms with Gasteiger partial charge in [-0.1, -0.05) is 0 Å². The van der Waals surface area contributed by atoms with Gasteiger partial charge in [-0.25, -0.2) is 5.48 Å². The summed E-state index contributed by atoms with van der Waals surface area (Å²) in [6.45, 7) is 0.591. The molecule has 6 nitrogen and oxygen atoms in total.